The van der Waals surface area contributed by atoms with Crippen LogP contribution < -0.4 is 10.7 Å². The highest BCUT2D eigenvalue weighted by molar-refractivity contribution is 9.10. The highest BCUT2D eigenvalue weighted by atomic mass is 79.9. The summed E-state index contributed by atoms with van der Waals surface area (Å²) in [6.45, 7) is 0.782. The Kier molecular flexibility index (Phi) is 10.9. The number of benzene rings is 2. The molecule has 2 amide bonds. The zero-order valence-electron chi connectivity index (χ0n) is 21.2. The average Bonchev–Trinajstić information content (AvgIpc) is 3.37. The molecule has 3 aromatic rings. The number of nitrogens with one attached hydrogen (secondary N) is 2. The van der Waals surface area contributed by atoms with E-state index in [0.29, 0.717) is 12.2 Å². The summed E-state index contributed by atoms with van der Waals surface area (Å²) in [5.41, 5.74) is 3.52. The van der Waals surface area contributed by atoms with Gasteiger partial charge in [-0.25, -0.2) is 19.0 Å². The number of hydrogen-bond acceptors (Lipinski definition) is 8. The minimum atomic E-state index is -1.04. The third kappa shape index (κ3) is 8.86. The summed E-state index contributed by atoms with van der Waals surface area (Å²) in [5.74, 6) is -2.42. The van der Waals surface area contributed by atoms with Crippen LogP contribution in [0.3, 0.4) is 0 Å². The van der Waals surface area contributed by atoms with E-state index in [4.69, 9.17) is 9.26 Å². The number of esters is 1. The van der Waals surface area contributed by atoms with E-state index in [1.807, 2.05) is 24.3 Å². The third-order valence-electron chi connectivity index (χ3n) is 5.60. The largest absolute Gasteiger partial charge is 0.469 e. The van der Waals surface area contributed by atoms with Gasteiger partial charge in [0, 0.05) is 41.6 Å². The molecule has 0 aliphatic rings. The Morgan fingerprint density at radius 3 is 2.59 bits per heavy atom. The zero-order chi connectivity index (χ0) is 28.4. The number of nitrogens with zero attached hydrogens (tertiary/aromatic N) is 2. The summed E-state index contributed by atoms with van der Waals surface area (Å²) in [6.07, 6.45) is -0.246. The predicted molar refractivity (Wildman–Crippen MR) is 140 cm³/mol. The van der Waals surface area contributed by atoms with Gasteiger partial charge in [0.15, 0.2) is 23.2 Å². The second-order valence-electron chi connectivity index (χ2n) is 8.37. The molecule has 208 valence electrons. The van der Waals surface area contributed by atoms with Crippen molar-refractivity contribution >= 4 is 39.7 Å². The van der Waals surface area contributed by atoms with Crippen molar-refractivity contribution in [3.63, 3.8) is 0 Å². The number of hydrazine groups is 1. The second kappa shape index (κ2) is 14.4. The molecule has 1 aromatic heterocycles. The van der Waals surface area contributed by atoms with Crippen molar-refractivity contribution in [3.8, 4) is 11.3 Å². The van der Waals surface area contributed by atoms with Crippen LogP contribution in [0.4, 0.5) is 19.4 Å². The fourth-order valence-electron chi connectivity index (χ4n) is 3.62. The van der Waals surface area contributed by atoms with Gasteiger partial charge >= 0.3 is 12.1 Å². The lowest BCUT2D eigenvalue weighted by molar-refractivity contribution is -0.140. The lowest BCUT2D eigenvalue weighted by Gasteiger charge is -2.31. The van der Waals surface area contributed by atoms with Gasteiger partial charge in [-0.3, -0.25) is 19.9 Å². The van der Waals surface area contributed by atoms with Gasteiger partial charge in [-0.05, 0) is 31.0 Å². The quantitative estimate of drug-likeness (QED) is 0.212. The molecule has 13 heteroatoms. The Bertz CT molecular complexity index is 1290. The molecule has 0 bridgehead atoms. The molecule has 0 aliphatic carbocycles. The maximum absolute atomic E-state index is 14.1. The predicted octanol–water partition coefficient (Wildman–Crippen LogP) is 5.20. The van der Waals surface area contributed by atoms with Gasteiger partial charge in [0.25, 0.3) is 0 Å². The number of rotatable bonds is 12. The van der Waals surface area contributed by atoms with Crippen molar-refractivity contribution in [1.29, 1.82) is 0 Å². The van der Waals surface area contributed by atoms with Crippen molar-refractivity contribution in [1.82, 2.24) is 15.6 Å². The lowest BCUT2D eigenvalue weighted by atomic mass is 10.1. The molecule has 0 saturated carbocycles. The number of hydrogen-bond donors (Lipinski definition) is 2. The number of methoxy groups -OCH3 is 1. The van der Waals surface area contributed by atoms with E-state index < -0.39 is 35.6 Å². The second-order valence-corrected chi connectivity index (χ2v) is 9.28. The van der Waals surface area contributed by atoms with Crippen molar-refractivity contribution in [2.45, 2.75) is 38.8 Å². The highest BCUT2D eigenvalue weighted by Crippen LogP contribution is 2.24. The summed E-state index contributed by atoms with van der Waals surface area (Å²) in [5, 5.41) is 7.43. The maximum Gasteiger partial charge on any atom is 0.412 e. The molecule has 3 rings (SSSR count). The Morgan fingerprint density at radius 2 is 1.90 bits per heavy atom. The molecule has 2 N–H and O–H groups in total. The van der Waals surface area contributed by atoms with Crippen molar-refractivity contribution in [2.75, 3.05) is 19.0 Å². The van der Waals surface area contributed by atoms with Crippen molar-refractivity contribution in [2.24, 2.45) is 0 Å². The summed E-state index contributed by atoms with van der Waals surface area (Å²) < 4.78 is 43.8. The first-order valence-corrected chi connectivity index (χ1v) is 12.7. The van der Waals surface area contributed by atoms with E-state index in [9.17, 15) is 23.2 Å². The fraction of sp³-hybridized carbons (Fsp3) is 0.308. The first-order valence-electron chi connectivity index (χ1n) is 11.9. The summed E-state index contributed by atoms with van der Waals surface area (Å²) in [6, 6.07) is 11.8. The number of anilines is 1. The monoisotopic (exact) mass is 608 g/mol. The Morgan fingerprint density at radius 1 is 1.15 bits per heavy atom. The normalized spacial score (nSPS) is 11.5. The Balaban J connectivity index is 1.65. The topological polar surface area (TPSA) is 123 Å². The van der Waals surface area contributed by atoms with Crippen LogP contribution >= 0.6 is 15.9 Å². The Labute approximate surface area is 231 Å². The molecule has 0 spiro atoms. The maximum atomic E-state index is 14.1. The minimum Gasteiger partial charge on any atom is -0.469 e. The van der Waals surface area contributed by atoms with Crippen molar-refractivity contribution < 1.29 is 37.2 Å². The van der Waals surface area contributed by atoms with E-state index in [2.05, 4.69) is 36.6 Å². The highest BCUT2D eigenvalue weighted by Gasteiger charge is 2.24. The number of halogens is 3. The van der Waals surface area contributed by atoms with E-state index in [1.54, 1.807) is 0 Å². The van der Waals surface area contributed by atoms with Gasteiger partial charge in [0.2, 0.25) is 5.91 Å². The van der Waals surface area contributed by atoms with Crippen LogP contribution in [-0.2, 0) is 25.6 Å². The number of aromatic nitrogens is 1. The smallest absolute Gasteiger partial charge is 0.412 e. The van der Waals surface area contributed by atoms with Crippen LogP contribution in [0.1, 0.15) is 31.7 Å². The van der Waals surface area contributed by atoms with E-state index >= 15 is 0 Å². The minimum absolute atomic E-state index is 0.000771. The van der Waals surface area contributed by atoms with Crippen LogP contribution in [-0.4, -0.2) is 47.9 Å². The molecule has 0 radical (unpaired) electrons. The molecule has 10 nitrogen and oxygen atoms in total. The van der Waals surface area contributed by atoms with E-state index in [0.717, 1.165) is 21.1 Å². The molecular formula is C26H27BrF2N4O6. The molecule has 1 heterocycles. The van der Waals surface area contributed by atoms with E-state index in [1.165, 1.54) is 32.2 Å². The SMILES string of the molecule is COC(=O)CCC[C@@H](COC(=O)Nc1cc(-c2ccc(Br)cc2)on1)N(NCc1cccc(F)c1F)C(C)=O. The molecule has 0 fully saturated rings. The molecule has 1 atom stereocenters. The zero-order valence-corrected chi connectivity index (χ0v) is 22.8. The number of carbonyl (C=O) groups excluding carboxylic acids is 3. The van der Waals surface area contributed by atoms with Gasteiger partial charge in [-0.2, -0.15) is 0 Å². The first kappa shape index (κ1) is 29.7. The first-order chi connectivity index (χ1) is 18.7. The molecular weight excluding hydrogens is 582 g/mol. The van der Waals surface area contributed by atoms with Crippen LogP contribution in [0, 0.1) is 11.6 Å². The molecule has 2 aromatic carbocycles. The third-order valence-corrected chi connectivity index (χ3v) is 6.13. The van der Waals surface area contributed by atoms with E-state index in [-0.39, 0.29) is 37.4 Å². The molecule has 0 aliphatic heterocycles. The van der Waals surface area contributed by atoms with Crippen LogP contribution in [0.2, 0.25) is 0 Å². The fourth-order valence-corrected chi connectivity index (χ4v) is 3.89. The summed E-state index contributed by atoms with van der Waals surface area (Å²) >= 11 is 3.35. The van der Waals surface area contributed by atoms with Gasteiger partial charge in [-0.1, -0.05) is 45.4 Å². The molecule has 0 saturated heterocycles. The summed E-state index contributed by atoms with van der Waals surface area (Å²) in [4.78, 5) is 36.5. The number of amides is 2. The van der Waals surface area contributed by atoms with Crippen LogP contribution in [0.15, 0.2) is 57.5 Å². The summed E-state index contributed by atoms with van der Waals surface area (Å²) in [7, 11) is 1.26. The lowest BCUT2D eigenvalue weighted by Crippen LogP contribution is -2.50. The van der Waals surface area contributed by atoms with Crippen LogP contribution in [0.25, 0.3) is 11.3 Å². The molecule has 39 heavy (non-hydrogen) atoms. The van der Waals surface area contributed by atoms with Gasteiger partial charge in [-0.15, -0.1) is 0 Å². The van der Waals surface area contributed by atoms with Crippen LogP contribution in [0.5, 0.6) is 0 Å². The van der Waals surface area contributed by atoms with Gasteiger partial charge in [0.1, 0.15) is 6.61 Å². The van der Waals surface area contributed by atoms with Gasteiger partial charge in [0.05, 0.1) is 13.2 Å². The average molecular weight is 609 g/mol. The molecule has 0 unspecified atom stereocenters. The Hall–Kier alpha value is -3.84. The number of carbonyl (C=O) groups is 3. The van der Waals surface area contributed by atoms with Gasteiger partial charge < -0.3 is 14.0 Å². The number of ether oxygens (including phenoxy) is 2. The standard InChI is InChI=1S/C26H27BrF2N4O6/c1-16(34)33(30-14-18-5-3-7-21(28)25(18)29)20(6-4-8-24(35)37-2)15-38-26(36)31-23-13-22(39-32-23)17-9-11-19(27)12-10-17/h3,5,7,9-13,20,30H,4,6,8,14-15H2,1-2H3,(H,31,32,36)/t20-/m0/s1. The van der Waals surface area contributed by atoms with Crippen molar-refractivity contribution in [3.05, 3.63) is 70.2 Å².